The average molecular weight is 854 g/mol. The van der Waals surface area contributed by atoms with Gasteiger partial charge in [0.05, 0.1) is 28.8 Å². The number of rotatable bonds is 9. The molecule has 0 spiro atoms. The molecule has 322 valence electrons. The number of hydrogen-bond acceptors (Lipinski definition) is 10. The van der Waals surface area contributed by atoms with Crippen LogP contribution in [0.15, 0.2) is 83.9 Å². The molecule has 1 aliphatic carbocycles. The minimum atomic E-state index is -0.907. The molecule has 0 bridgehead atoms. The van der Waals surface area contributed by atoms with Gasteiger partial charge in [-0.1, -0.05) is 12.1 Å². The lowest BCUT2D eigenvalue weighted by Gasteiger charge is -2.47. The smallest absolute Gasteiger partial charge is 0.265 e. The Morgan fingerprint density at radius 3 is 2.29 bits per heavy atom. The predicted octanol–water partition coefficient (Wildman–Crippen LogP) is 6.48. The van der Waals surface area contributed by atoms with Crippen LogP contribution in [0.4, 0.5) is 14.5 Å². The van der Waals surface area contributed by atoms with E-state index in [4.69, 9.17) is 9.47 Å². The summed E-state index contributed by atoms with van der Waals surface area (Å²) in [5.74, 6) is -2.70. The number of carbonyl (C=O) groups is 3. The molecule has 13 nitrogen and oxygen atoms in total. The Hall–Kier alpha value is -6.50. The topological polar surface area (TPSA) is 150 Å². The molecule has 4 aromatic carbocycles. The lowest BCUT2D eigenvalue weighted by atomic mass is 9.83. The molecule has 1 unspecified atom stereocenters. The number of nitriles is 1. The summed E-state index contributed by atoms with van der Waals surface area (Å²) >= 11 is 0. The first kappa shape index (κ1) is 40.6. The van der Waals surface area contributed by atoms with Gasteiger partial charge in [0.1, 0.15) is 35.6 Å². The van der Waals surface area contributed by atoms with E-state index in [1.165, 1.54) is 28.6 Å². The van der Waals surface area contributed by atoms with Crippen molar-refractivity contribution < 1.29 is 32.6 Å². The first-order chi connectivity index (χ1) is 30.6. The molecule has 1 atom stereocenters. The zero-order valence-corrected chi connectivity index (χ0v) is 34.5. The van der Waals surface area contributed by atoms with Crippen LogP contribution in [0.1, 0.15) is 84.3 Å². The van der Waals surface area contributed by atoms with Crippen LogP contribution in [0.2, 0.25) is 0 Å². The molecule has 1 N–H and O–H groups in total. The Kier molecular flexibility index (Phi) is 10.7. The predicted molar refractivity (Wildman–Crippen MR) is 228 cm³/mol. The number of halogens is 2. The zero-order valence-electron chi connectivity index (χ0n) is 34.5. The third kappa shape index (κ3) is 7.82. The summed E-state index contributed by atoms with van der Waals surface area (Å²) in [6, 6.07) is 21.7. The highest BCUT2D eigenvalue weighted by molar-refractivity contribution is 6.05. The lowest BCUT2D eigenvalue weighted by molar-refractivity contribution is -0.136. The molecule has 5 aromatic rings. The van der Waals surface area contributed by atoms with Gasteiger partial charge in [-0.25, -0.2) is 13.8 Å². The first-order valence-corrected chi connectivity index (χ1v) is 21.7. The third-order valence-corrected chi connectivity index (χ3v) is 13.6. The first-order valence-electron chi connectivity index (χ1n) is 21.7. The molecule has 10 rings (SSSR count). The third-order valence-electron chi connectivity index (χ3n) is 13.6. The standard InChI is InChI=1S/C48H45F2N7O6/c49-40-8-9-41(50)45(39(40)25-51)63-35-6-10-42-38(24-35)48(61)57(27-52-42)31-3-1-28(2-4-31)29-13-17-55(18-14-29)33-22-36(23-33)62-34-15-19-54(20-16-34)32-5-7-37-30(21-32)26-56(47(37)60)43-11-12-44(58)53-46(43)59/h1-10,21,24,27,29,33-34,36,43H,11-20,22-23,26H2,(H,53,58,59)/t33-,36-,43?. The number of nitrogens with zero attached hydrogens (tertiary/aromatic N) is 6. The summed E-state index contributed by atoms with van der Waals surface area (Å²) in [5, 5.41) is 11.9. The summed E-state index contributed by atoms with van der Waals surface area (Å²) in [6.45, 7) is 4.16. The Morgan fingerprint density at radius 2 is 1.54 bits per heavy atom. The number of benzene rings is 4. The van der Waals surface area contributed by atoms with Crippen molar-refractivity contribution in [2.75, 3.05) is 31.1 Å². The Balaban J connectivity index is 0.684. The van der Waals surface area contributed by atoms with Crippen molar-refractivity contribution in [1.29, 1.82) is 5.26 Å². The van der Waals surface area contributed by atoms with Crippen molar-refractivity contribution in [3.63, 3.8) is 0 Å². The molecular formula is C48H45F2N7O6. The maximum absolute atomic E-state index is 14.5. The fourth-order valence-corrected chi connectivity index (χ4v) is 9.94. The van der Waals surface area contributed by atoms with Gasteiger partial charge < -0.3 is 24.2 Å². The van der Waals surface area contributed by atoms with Crippen molar-refractivity contribution in [1.82, 2.24) is 24.7 Å². The highest BCUT2D eigenvalue weighted by Gasteiger charge is 2.40. The van der Waals surface area contributed by atoms with Crippen molar-refractivity contribution in [3.05, 3.63) is 123 Å². The fourth-order valence-electron chi connectivity index (χ4n) is 9.94. The number of piperidine rings is 3. The van der Waals surface area contributed by atoms with Crippen LogP contribution in [0, 0.1) is 23.0 Å². The lowest BCUT2D eigenvalue weighted by Crippen LogP contribution is -2.52. The monoisotopic (exact) mass is 853 g/mol. The van der Waals surface area contributed by atoms with Gasteiger partial charge in [0.15, 0.2) is 11.6 Å². The molecular weight excluding hydrogens is 809 g/mol. The van der Waals surface area contributed by atoms with Gasteiger partial charge in [0.2, 0.25) is 11.8 Å². The van der Waals surface area contributed by atoms with E-state index in [1.807, 2.05) is 24.3 Å². The summed E-state index contributed by atoms with van der Waals surface area (Å²) in [7, 11) is 0. The highest BCUT2D eigenvalue weighted by Crippen LogP contribution is 2.38. The summed E-state index contributed by atoms with van der Waals surface area (Å²) in [6.07, 6.45) is 8.64. The zero-order chi connectivity index (χ0) is 43.4. The van der Waals surface area contributed by atoms with Crippen LogP contribution in [0.25, 0.3) is 16.6 Å². The summed E-state index contributed by atoms with van der Waals surface area (Å²) in [5.41, 5.74) is 4.01. The van der Waals surface area contributed by atoms with Gasteiger partial charge >= 0.3 is 0 Å². The number of fused-ring (bicyclic) bond motifs is 2. The van der Waals surface area contributed by atoms with E-state index in [0.717, 1.165) is 88.1 Å². The second-order valence-electron chi connectivity index (χ2n) is 17.3. The Morgan fingerprint density at radius 1 is 0.794 bits per heavy atom. The molecule has 4 fully saturated rings. The van der Waals surface area contributed by atoms with Crippen LogP contribution in [0.5, 0.6) is 11.5 Å². The summed E-state index contributed by atoms with van der Waals surface area (Å²) < 4.78 is 42.3. The van der Waals surface area contributed by atoms with E-state index in [0.29, 0.717) is 41.7 Å². The number of aromatic nitrogens is 2. The Labute approximate surface area is 361 Å². The van der Waals surface area contributed by atoms with E-state index in [9.17, 15) is 33.2 Å². The molecule has 63 heavy (non-hydrogen) atoms. The maximum atomic E-state index is 14.5. The number of carbonyl (C=O) groups excluding carboxylic acids is 3. The van der Waals surface area contributed by atoms with Crippen molar-refractivity contribution in [2.45, 2.75) is 88.1 Å². The van der Waals surface area contributed by atoms with Gasteiger partial charge in [-0.2, -0.15) is 5.26 Å². The van der Waals surface area contributed by atoms with E-state index < -0.39 is 34.9 Å². The number of imide groups is 1. The number of ether oxygens (including phenoxy) is 2. The van der Waals surface area contributed by atoms with Crippen LogP contribution in [-0.4, -0.2) is 87.5 Å². The van der Waals surface area contributed by atoms with Gasteiger partial charge in [-0.15, -0.1) is 0 Å². The molecule has 1 aromatic heterocycles. The number of nitrogens with one attached hydrogen (secondary N) is 1. The highest BCUT2D eigenvalue weighted by atomic mass is 19.1. The largest absolute Gasteiger partial charge is 0.453 e. The summed E-state index contributed by atoms with van der Waals surface area (Å²) in [4.78, 5) is 61.8. The Bertz CT molecular complexity index is 2730. The quantitative estimate of drug-likeness (QED) is 0.163. The number of hydrogen-bond donors (Lipinski definition) is 1. The second kappa shape index (κ2) is 16.7. The number of anilines is 1. The second-order valence-corrected chi connectivity index (χ2v) is 17.3. The minimum absolute atomic E-state index is 0.0710. The van der Waals surface area contributed by atoms with Crippen LogP contribution in [0.3, 0.4) is 0 Å². The molecule has 0 radical (unpaired) electrons. The van der Waals surface area contributed by atoms with E-state index in [1.54, 1.807) is 17.0 Å². The fraction of sp³-hybridized carbons (Fsp3) is 0.375. The molecule has 3 saturated heterocycles. The van der Waals surface area contributed by atoms with Crippen LogP contribution in [-0.2, 0) is 20.9 Å². The van der Waals surface area contributed by atoms with Gasteiger partial charge in [0, 0.05) is 43.3 Å². The SMILES string of the molecule is N#Cc1c(F)ccc(F)c1Oc1ccc2ncn(-c3ccc(C4CCN([C@H]5C[C@H](OC6CCN(c7ccc8c(c7)CN(C7CCC(=O)NC7=O)C8=O)CC6)C5)CC4)cc3)c(=O)c2c1. The molecule has 5 heterocycles. The minimum Gasteiger partial charge on any atom is -0.453 e. The molecule has 5 aliphatic rings. The van der Waals surface area contributed by atoms with E-state index in [-0.39, 0.29) is 47.1 Å². The molecule has 4 aliphatic heterocycles. The number of amides is 3. The molecule has 15 heteroatoms. The average Bonchev–Trinajstić information content (AvgIpc) is 3.61. The number of likely N-dealkylation sites (tertiary alicyclic amines) is 1. The van der Waals surface area contributed by atoms with E-state index in [2.05, 4.69) is 38.3 Å². The van der Waals surface area contributed by atoms with Gasteiger partial charge in [-0.05, 0) is 136 Å². The maximum Gasteiger partial charge on any atom is 0.265 e. The van der Waals surface area contributed by atoms with Crippen molar-refractivity contribution in [3.8, 4) is 23.3 Å². The molecule has 3 amide bonds. The van der Waals surface area contributed by atoms with Crippen molar-refractivity contribution in [2.24, 2.45) is 0 Å². The van der Waals surface area contributed by atoms with Crippen molar-refractivity contribution >= 4 is 34.3 Å². The van der Waals surface area contributed by atoms with Gasteiger partial charge in [-0.3, -0.25) is 29.1 Å². The van der Waals surface area contributed by atoms with Crippen LogP contribution < -0.4 is 20.5 Å². The van der Waals surface area contributed by atoms with Crippen LogP contribution >= 0.6 is 0 Å². The van der Waals surface area contributed by atoms with E-state index >= 15 is 0 Å². The van der Waals surface area contributed by atoms with Gasteiger partial charge in [0.25, 0.3) is 11.5 Å². The normalized spacial score (nSPS) is 22.2. The molecule has 1 saturated carbocycles.